The van der Waals surface area contributed by atoms with Crippen LogP contribution in [0.5, 0.6) is 0 Å². The molecule has 0 spiro atoms. The van der Waals surface area contributed by atoms with Gasteiger partial charge in [-0.3, -0.25) is 9.13 Å². The van der Waals surface area contributed by atoms with Crippen molar-refractivity contribution in [3.8, 4) is 34.5 Å². The maximum Gasteiger partial charge on any atom is 0.238 e. The van der Waals surface area contributed by atoms with E-state index in [-0.39, 0.29) is 0 Å². The number of rotatable bonds is 4. The second kappa shape index (κ2) is 9.71. The fourth-order valence-corrected chi connectivity index (χ4v) is 6.35. The Hall–Kier alpha value is -6.14. The second-order valence-electron chi connectivity index (χ2n) is 10.8. The van der Waals surface area contributed by atoms with Gasteiger partial charge in [0, 0.05) is 38.9 Å². The first-order valence-corrected chi connectivity index (χ1v) is 14.6. The summed E-state index contributed by atoms with van der Waals surface area (Å²) in [5.41, 5.74) is 6.14. The minimum absolute atomic E-state index is 0.573. The van der Waals surface area contributed by atoms with Crippen molar-refractivity contribution in [2.75, 3.05) is 0 Å². The fraction of sp³-hybridized carbons (Fsp3) is 0. The Balaban J connectivity index is 1.43. The molecule has 0 atom stereocenters. The van der Waals surface area contributed by atoms with Crippen molar-refractivity contribution in [2.24, 2.45) is 0 Å². The van der Waals surface area contributed by atoms with Gasteiger partial charge in [-0.15, -0.1) is 0 Å². The quantitative estimate of drug-likeness (QED) is 0.214. The summed E-state index contributed by atoms with van der Waals surface area (Å²) in [6.45, 7) is 0. The summed E-state index contributed by atoms with van der Waals surface area (Å²) >= 11 is 0. The minimum Gasteiger partial charge on any atom is -0.293 e. The lowest BCUT2D eigenvalue weighted by Crippen LogP contribution is -2.06. The maximum absolute atomic E-state index is 5.10. The van der Waals surface area contributed by atoms with Gasteiger partial charge < -0.3 is 0 Å². The van der Waals surface area contributed by atoms with Gasteiger partial charge in [-0.2, -0.15) is 9.97 Å². The van der Waals surface area contributed by atoms with E-state index in [2.05, 4.69) is 75.9 Å². The third-order valence-electron chi connectivity index (χ3n) is 8.24. The monoisotopic (exact) mass is 564 g/mol. The molecule has 0 bridgehead atoms. The van der Waals surface area contributed by atoms with Crippen LogP contribution in [0.15, 0.2) is 146 Å². The van der Waals surface area contributed by atoms with Crippen LogP contribution < -0.4 is 0 Å². The molecule has 4 aromatic heterocycles. The van der Waals surface area contributed by atoms with Crippen molar-refractivity contribution in [2.45, 2.75) is 0 Å². The van der Waals surface area contributed by atoms with Crippen molar-refractivity contribution >= 4 is 43.6 Å². The Labute approximate surface area is 252 Å². The number of nitrogens with zero attached hydrogens (tertiary/aromatic N) is 6. The third-order valence-corrected chi connectivity index (χ3v) is 8.24. The average Bonchev–Trinajstić information content (AvgIpc) is 3.62. The molecule has 0 N–H and O–H groups in total. The van der Waals surface area contributed by atoms with Gasteiger partial charge in [0.2, 0.25) is 5.95 Å². The topological polar surface area (TPSA) is 61.4 Å². The van der Waals surface area contributed by atoms with Crippen molar-refractivity contribution in [3.05, 3.63) is 146 Å². The summed E-state index contributed by atoms with van der Waals surface area (Å²) in [7, 11) is 0. The molecule has 206 valence electrons. The van der Waals surface area contributed by atoms with Crippen molar-refractivity contribution < 1.29 is 0 Å². The Bertz CT molecular complexity index is 2420. The predicted octanol–water partition coefficient (Wildman–Crippen LogP) is 8.79. The van der Waals surface area contributed by atoms with Crippen LogP contribution >= 0.6 is 0 Å². The lowest BCUT2D eigenvalue weighted by Gasteiger charge is -2.11. The average molecular weight is 565 g/mol. The predicted molar refractivity (Wildman–Crippen MR) is 177 cm³/mol. The molecule has 0 amide bonds. The van der Waals surface area contributed by atoms with E-state index in [9.17, 15) is 0 Å². The van der Waals surface area contributed by atoms with Gasteiger partial charge in [0.05, 0.1) is 22.1 Å². The highest BCUT2D eigenvalue weighted by atomic mass is 15.2. The van der Waals surface area contributed by atoms with Gasteiger partial charge in [-0.25, -0.2) is 9.97 Å². The van der Waals surface area contributed by atoms with Crippen LogP contribution in [0.2, 0.25) is 0 Å². The molecule has 4 heterocycles. The van der Waals surface area contributed by atoms with E-state index in [4.69, 9.17) is 19.9 Å². The summed E-state index contributed by atoms with van der Waals surface area (Å²) in [4.78, 5) is 19.9. The van der Waals surface area contributed by atoms with Crippen LogP contribution in [0.4, 0.5) is 0 Å². The van der Waals surface area contributed by atoms with E-state index in [0.29, 0.717) is 17.6 Å². The molecule has 9 aromatic rings. The molecule has 0 radical (unpaired) electrons. The molecule has 6 nitrogen and oxygen atoms in total. The van der Waals surface area contributed by atoms with E-state index in [1.54, 1.807) is 0 Å². The van der Waals surface area contributed by atoms with Gasteiger partial charge in [0.1, 0.15) is 5.82 Å². The lowest BCUT2D eigenvalue weighted by molar-refractivity contribution is 0.953. The van der Waals surface area contributed by atoms with Crippen LogP contribution in [-0.2, 0) is 0 Å². The molecule has 0 aliphatic rings. The zero-order chi connectivity index (χ0) is 29.0. The van der Waals surface area contributed by atoms with E-state index in [0.717, 1.165) is 49.8 Å². The van der Waals surface area contributed by atoms with Crippen LogP contribution in [-0.4, -0.2) is 29.1 Å². The molecule has 0 unspecified atom stereocenters. The zero-order valence-corrected chi connectivity index (χ0v) is 23.5. The molecule has 44 heavy (non-hydrogen) atoms. The fourth-order valence-electron chi connectivity index (χ4n) is 6.35. The van der Waals surface area contributed by atoms with Gasteiger partial charge in [-0.1, -0.05) is 109 Å². The molecule has 0 fully saturated rings. The van der Waals surface area contributed by atoms with Crippen LogP contribution in [0.1, 0.15) is 0 Å². The molecule has 0 saturated heterocycles. The molecule has 6 heteroatoms. The van der Waals surface area contributed by atoms with E-state index >= 15 is 0 Å². The molecule has 9 rings (SSSR count). The number of fused-ring (bicyclic) bond motifs is 7. The third kappa shape index (κ3) is 3.68. The van der Waals surface area contributed by atoms with Gasteiger partial charge in [0.15, 0.2) is 11.6 Å². The van der Waals surface area contributed by atoms with Gasteiger partial charge >= 0.3 is 0 Å². The lowest BCUT2D eigenvalue weighted by atomic mass is 10.1. The summed E-state index contributed by atoms with van der Waals surface area (Å²) in [5, 5.41) is 4.61. The standard InChI is InChI=1S/C38H24N6/c1-3-13-25(14-4-1)36-40-37(26-15-5-2-6-16-26)42-38(41-36)43-31-20-10-8-18-29(31)34-32(43)23-22-28-27-17-7-9-19-30(27)44(35(28)34)33-21-11-12-24-39-33/h1-24H. The number of para-hydroxylation sites is 2. The Morgan fingerprint density at radius 2 is 1.00 bits per heavy atom. The normalized spacial score (nSPS) is 11.6. The van der Waals surface area contributed by atoms with Crippen LogP contribution in [0.25, 0.3) is 78.2 Å². The first-order chi connectivity index (χ1) is 21.8. The molecule has 5 aromatic carbocycles. The number of pyridine rings is 1. The second-order valence-corrected chi connectivity index (χ2v) is 10.8. The summed E-state index contributed by atoms with van der Waals surface area (Å²) in [6, 6.07) is 47.7. The molecule has 0 aliphatic carbocycles. The number of benzene rings is 5. The molecule has 0 saturated carbocycles. The Kier molecular flexibility index (Phi) is 5.40. The minimum atomic E-state index is 0.573. The zero-order valence-electron chi connectivity index (χ0n) is 23.5. The van der Waals surface area contributed by atoms with Crippen LogP contribution in [0.3, 0.4) is 0 Å². The highest BCUT2D eigenvalue weighted by Crippen LogP contribution is 2.41. The largest absolute Gasteiger partial charge is 0.293 e. The van der Waals surface area contributed by atoms with Gasteiger partial charge in [0.25, 0.3) is 0 Å². The maximum atomic E-state index is 5.10. The number of hydrogen-bond acceptors (Lipinski definition) is 4. The molecule has 0 aliphatic heterocycles. The van der Waals surface area contributed by atoms with E-state index < -0.39 is 0 Å². The molecular weight excluding hydrogens is 540 g/mol. The highest BCUT2D eigenvalue weighted by Gasteiger charge is 2.22. The SMILES string of the molecule is c1ccc(-c2nc(-c3ccccc3)nc(-n3c4ccccc4c4c3ccc3c5ccccc5n(-c5ccccn5)c34)n2)cc1. The van der Waals surface area contributed by atoms with E-state index in [1.807, 2.05) is 79.0 Å². The van der Waals surface area contributed by atoms with Crippen LogP contribution in [0, 0.1) is 0 Å². The Morgan fingerprint density at radius 3 is 1.66 bits per heavy atom. The van der Waals surface area contributed by atoms with Gasteiger partial charge in [-0.05, 0) is 30.3 Å². The number of aromatic nitrogens is 6. The highest BCUT2D eigenvalue weighted by molar-refractivity contribution is 6.26. The first-order valence-electron chi connectivity index (χ1n) is 14.6. The smallest absolute Gasteiger partial charge is 0.238 e. The Morgan fingerprint density at radius 1 is 0.409 bits per heavy atom. The number of hydrogen-bond donors (Lipinski definition) is 0. The summed E-state index contributed by atoms with van der Waals surface area (Å²) in [5.74, 6) is 2.71. The first kappa shape index (κ1) is 24.5. The van der Waals surface area contributed by atoms with Crippen molar-refractivity contribution in [3.63, 3.8) is 0 Å². The summed E-state index contributed by atoms with van der Waals surface area (Å²) < 4.78 is 4.45. The van der Waals surface area contributed by atoms with Crippen molar-refractivity contribution in [1.82, 2.24) is 29.1 Å². The summed E-state index contributed by atoms with van der Waals surface area (Å²) in [6.07, 6.45) is 1.85. The van der Waals surface area contributed by atoms with Crippen molar-refractivity contribution in [1.29, 1.82) is 0 Å². The van der Waals surface area contributed by atoms with E-state index in [1.165, 1.54) is 10.8 Å². The molecular formula is C38H24N6.